The minimum atomic E-state index is -1.28. The highest BCUT2D eigenvalue weighted by molar-refractivity contribution is 7.88. The summed E-state index contributed by atoms with van der Waals surface area (Å²) in [6, 6.07) is 16.9. The number of benzene rings is 2. The Labute approximate surface area is 167 Å². The second kappa shape index (κ2) is 7.39. The molecule has 7 heteroatoms. The van der Waals surface area contributed by atoms with Crippen molar-refractivity contribution in [3.8, 4) is 0 Å². The maximum Gasteiger partial charge on any atom is 0.321 e. The molecule has 3 amide bonds. The number of nitrogens with one attached hydrogen (secondary N) is 1. The molecule has 2 saturated heterocycles. The number of urea groups is 1. The highest BCUT2D eigenvalue weighted by Gasteiger charge is 2.53. The molecular formula is C21H23N3O3S. The van der Waals surface area contributed by atoms with E-state index in [1.807, 2.05) is 61.5 Å². The number of anilines is 2. The van der Waals surface area contributed by atoms with Gasteiger partial charge in [0.05, 0.1) is 10.8 Å². The minimum absolute atomic E-state index is 0.0460. The Balaban J connectivity index is 1.49. The van der Waals surface area contributed by atoms with Crippen LogP contribution in [0.2, 0.25) is 0 Å². The van der Waals surface area contributed by atoms with Crippen LogP contribution in [0.25, 0.3) is 0 Å². The molecule has 2 aliphatic rings. The number of piperidine rings is 1. The monoisotopic (exact) mass is 397 g/mol. The van der Waals surface area contributed by atoms with Gasteiger partial charge in [-0.3, -0.25) is 13.9 Å². The van der Waals surface area contributed by atoms with Crippen molar-refractivity contribution in [2.24, 2.45) is 0 Å². The zero-order chi connectivity index (χ0) is 19.7. The Kier molecular flexibility index (Phi) is 4.93. The van der Waals surface area contributed by atoms with E-state index in [0.29, 0.717) is 25.9 Å². The molecule has 28 heavy (non-hydrogen) atoms. The van der Waals surface area contributed by atoms with E-state index < -0.39 is 15.7 Å². The molecule has 6 nitrogen and oxygen atoms in total. The van der Waals surface area contributed by atoms with Crippen molar-refractivity contribution < 1.29 is 13.8 Å². The smallest absolute Gasteiger partial charge is 0.321 e. The number of carbonyl (C=O) groups is 2. The van der Waals surface area contributed by atoms with Crippen molar-refractivity contribution in [1.29, 1.82) is 0 Å². The van der Waals surface area contributed by atoms with Crippen LogP contribution in [0.3, 0.4) is 0 Å². The molecule has 2 heterocycles. The molecule has 0 saturated carbocycles. The van der Waals surface area contributed by atoms with Gasteiger partial charge in [-0.1, -0.05) is 30.3 Å². The molecule has 1 N–H and O–H groups in total. The van der Waals surface area contributed by atoms with Gasteiger partial charge in [0, 0.05) is 37.3 Å². The fourth-order valence-corrected chi connectivity index (χ4v) is 5.70. The quantitative estimate of drug-likeness (QED) is 0.847. The van der Waals surface area contributed by atoms with Gasteiger partial charge < -0.3 is 10.2 Å². The van der Waals surface area contributed by atoms with Crippen LogP contribution in [0.5, 0.6) is 0 Å². The van der Waals surface area contributed by atoms with Crippen LogP contribution < -0.4 is 10.2 Å². The van der Waals surface area contributed by atoms with Gasteiger partial charge in [0.15, 0.2) is 0 Å². The number of hydrogen-bond acceptors (Lipinski definition) is 3. The Bertz CT molecular complexity index is 924. The average molecular weight is 398 g/mol. The third-order valence-corrected chi connectivity index (χ3v) is 7.40. The van der Waals surface area contributed by atoms with Crippen LogP contribution in [-0.4, -0.2) is 44.8 Å². The number of carbonyl (C=O) groups excluding carboxylic acids is 2. The number of rotatable bonds is 2. The lowest BCUT2D eigenvalue weighted by atomic mass is 10.0. The van der Waals surface area contributed by atoms with Gasteiger partial charge in [0.1, 0.15) is 10.6 Å². The largest absolute Gasteiger partial charge is 0.324 e. The van der Waals surface area contributed by atoms with E-state index in [0.717, 1.165) is 16.9 Å². The molecule has 0 radical (unpaired) electrons. The summed E-state index contributed by atoms with van der Waals surface area (Å²) >= 11 is 0. The van der Waals surface area contributed by atoms with Crippen molar-refractivity contribution in [2.45, 2.75) is 24.6 Å². The van der Waals surface area contributed by atoms with Crippen LogP contribution in [-0.2, 0) is 15.6 Å². The number of nitrogens with zero attached hydrogens (tertiary/aromatic N) is 2. The first-order valence-corrected chi connectivity index (χ1v) is 10.7. The lowest BCUT2D eigenvalue weighted by molar-refractivity contribution is -0.116. The van der Waals surface area contributed by atoms with Crippen LogP contribution in [0, 0.1) is 6.92 Å². The molecule has 0 aromatic heterocycles. The first-order chi connectivity index (χ1) is 13.5. The molecule has 2 aromatic carbocycles. The van der Waals surface area contributed by atoms with Crippen LogP contribution in [0.15, 0.2) is 54.6 Å². The molecular weight excluding hydrogens is 374 g/mol. The van der Waals surface area contributed by atoms with Gasteiger partial charge in [0.25, 0.3) is 0 Å². The van der Waals surface area contributed by atoms with Gasteiger partial charge in [-0.05, 0) is 36.8 Å². The number of aryl methyl sites for hydroxylation is 1. The number of para-hydroxylation sites is 1. The van der Waals surface area contributed by atoms with E-state index in [4.69, 9.17) is 0 Å². The summed E-state index contributed by atoms with van der Waals surface area (Å²) < 4.78 is 12.9. The van der Waals surface area contributed by atoms with E-state index in [9.17, 15) is 13.8 Å². The fraction of sp³-hybridized carbons (Fsp3) is 0.333. The molecule has 2 aromatic rings. The molecule has 4 rings (SSSR count). The molecule has 2 aliphatic heterocycles. The summed E-state index contributed by atoms with van der Waals surface area (Å²) in [6.45, 7) is 2.89. The third-order valence-electron chi connectivity index (χ3n) is 5.45. The average Bonchev–Trinajstić information content (AvgIpc) is 2.92. The Morgan fingerprint density at radius 2 is 1.79 bits per heavy atom. The van der Waals surface area contributed by atoms with Gasteiger partial charge in [0.2, 0.25) is 5.91 Å². The second-order valence-electron chi connectivity index (χ2n) is 7.29. The molecule has 0 bridgehead atoms. The van der Waals surface area contributed by atoms with E-state index in [1.165, 1.54) is 0 Å². The summed E-state index contributed by atoms with van der Waals surface area (Å²) in [7, 11) is -1.28. The van der Waals surface area contributed by atoms with Gasteiger partial charge in [-0.25, -0.2) is 4.79 Å². The molecule has 1 unspecified atom stereocenters. The topological polar surface area (TPSA) is 69.7 Å². The maximum atomic E-state index is 12.9. The lowest BCUT2D eigenvalue weighted by Crippen LogP contribution is -2.56. The number of amides is 3. The van der Waals surface area contributed by atoms with Gasteiger partial charge in [-0.15, -0.1) is 0 Å². The summed E-state index contributed by atoms with van der Waals surface area (Å²) in [5, 5.41) is 2.92. The van der Waals surface area contributed by atoms with Gasteiger partial charge >= 0.3 is 6.03 Å². The van der Waals surface area contributed by atoms with Crippen molar-refractivity contribution in [1.82, 2.24) is 4.90 Å². The Morgan fingerprint density at radius 1 is 1.07 bits per heavy atom. The lowest BCUT2D eigenvalue weighted by Gasteiger charge is -2.43. The van der Waals surface area contributed by atoms with Crippen LogP contribution in [0.4, 0.5) is 16.2 Å². The highest BCUT2D eigenvalue weighted by atomic mass is 32.2. The van der Waals surface area contributed by atoms with Crippen LogP contribution >= 0.6 is 0 Å². The zero-order valence-electron chi connectivity index (χ0n) is 15.8. The second-order valence-corrected chi connectivity index (χ2v) is 9.03. The summed E-state index contributed by atoms with van der Waals surface area (Å²) in [6.07, 6.45) is 1.00. The minimum Gasteiger partial charge on any atom is -0.324 e. The Morgan fingerprint density at radius 3 is 2.46 bits per heavy atom. The summed E-state index contributed by atoms with van der Waals surface area (Å²) in [4.78, 5) is 27.9. The Hall–Kier alpha value is -2.67. The van der Waals surface area contributed by atoms with E-state index in [-0.39, 0.29) is 17.7 Å². The summed E-state index contributed by atoms with van der Waals surface area (Å²) in [5.41, 5.74) is 2.61. The van der Waals surface area contributed by atoms with E-state index in [1.54, 1.807) is 9.80 Å². The fourth-order valence-electron chi connectivity index (χ4n) is 4.03. The zero-order valence-corrected chi connectivity index (χ0v) is 16.6. The first kappa shape index (κ1) is 18.7. The number of hydrogen-bond donors (Lipinski definition) is 1. The van der Waals surface area contributed by atoms with Crippen molar-refractivity contribution in [3.05, 3.63) is 60.2 Å². The molecule has 1 spiro atoms. The third kappa shape index (κ3) is 3.30. The summed E-state index contributed by atoms with van der Waals surface area (Å²) in [5.74, 6) is -0.0631. The first-order valence-electron chi connectivity index (χ1n) is 9.39. The van der Waals surface area contributed by atoms with Crippen LogP contribution in [0.1, 0.15) is 18.4 Å². The van der Waals surface area contributed by atoms with Crippen molar-refractivity contribution in [3.63, 3.8) is 0 Å². The molecule has 2 fully saturated rings. The van der Waals surface area contributed by atoms with Gasteiger partial charge in [-0.2, -0.15) is 0 Å². The molecule has 1 atom stereocenters. The standard InChI is InChI=1S/C21H23N3O3S/c1-16-6-5-7-17(14-16)22-20(26)23-12-10-21(11-13-23)24(19(25)15-28(21)27)18-8-3-2-4-9-18/h2-9,14H,10-13,15H2,1H3,(H,22,26). The molecule has 146 valence electrons. The molecule has 0 aliphatic carbocycles. The van der Waals surface area contributed by atoms with Crippen molar-refractivity contribution >= 4 is 34.1 Å². The SMILES string of the molecule is Cc1cccc(NC(=O)N2CCC3(CC2)N(c2ccccc2)C(=O)CS3=O)c1. The highest BCUT2D eigenvalue weighted by Crippen LogP contribution is 2.40. The maximum absolute atomic E-state index is 12.9. The van der Waals surface area contributed by atoms with Crippen molar-refractivity contribution in [2.75, 3.05) is 29.1 Å². The predicted molar refractivity (Wildman–Crippen MR) is 111 cm³/mol. The van der Waals surface area contributed by atoms with E-state index in [2.05, 4.69) is 5.32 Å². The number of likely N-dealkylation sites (tertiary alicyclic amines) is 1. The normalized spacial score (nSPS) is 21.2. The van der Waals surface area contributed by atoms with E-state index >= 15 is 0 Å². The predicted octanol–water partition coefficient (Wildman–Crippen LogP) is 3.11.